The molecule has 0 bridgehead atoms. The first-order valence-electron chi connectivity index (χ1n) is 7.78. The summed E-state index contributed by atoms with van der Waals surface area (Å²) < 4.78 is 28.4. The van der Waals surface area contributed by atoms with E-state index in [-0.39, 0.29) is 6.54 Å². The van der Waals surface area contributed by atoms with E-state index in [1.807, 2.05) is 36.4 Å². The van der Waals surface area contributed by atoms with Gasteiger partial charge in [0.05, 0.1) is 10.9 Å². The second-order valence-corrected chi connectivity index (χ2v) is 8.05. The van der Waals surface area contributed by atoms with Crippen LogP contribution in [-0.4, -0.2) is 35.4 Å². The third-order valence-corrected chi connectivity index (χ3v) is 6.55. The highest BCUT2D eigenvalue weighted by molar-refractivity contribution is 7.89. The summed E-state index contributed by atoms with van der Waals surface area (Å²) >= 11 is 0. The Balaban J connectivity index is 1.98. The Bertz CT molecular complexity index is 1100. The minimum absolute atomic E-state index is 0.175. The molecule has 1 aromatic heterocycles. The van der Waals surface area contributed by atoms with Crippen molar-refractivity contribution in [1.29, 1.82) is 0 Å². The summed E-state index contributed by atoms with van der Waals surface area (Å²) in [6, 6.07) is 13.9. The second kappa shape index (κ2) is 5.44. The quantitative estimate of drug-likeness (QED) is 0.782. The van der Waals surface area contributed by atoms with Crippen LogP contribution in [-0.2, 0) is 21.4 Å². The van der Waals surface area contributed by atoms with Crippen LogP contribution in [0.25, 0.3) is 10.9 Å². The number of hydrogen-bond acceptors (Lipinski definition) is 3. The number of carboxylic acid groups (broad SMARTS) is 1. The predicted octanol–water partition coefficient (Wildman–Crippen LogP) is 2.45. The van der Waals surface area contributed by atoms with E-state index in [0.717, 1.165) is 16.5 Å². The Morgan fingerprint density at radius 3 is 2.52 bits per heavy atom. The lowest BCUT2D eigenvalue weighted by atomic mass is 9.98. The molecule has 4 rings (SSSR count). The van der Waals surface area contributed by atoms with Crippen molar-refractivity contribution in [2.75, 3.05) is 7.05 Å². The van der Waals surface area contributed by atoms with Gasteiger partial charge in [-0.25, -0.2) is 8.42 Å². The van der Waals surface area contributed by atoms with Crippen LogP contribution < -0.4 is 0 Å². The first-order valence-corrected chi connectivity index (χ1v) is 9.22. The molecule has 25 heavy (non-hydrogen) atoms. The number of carbonyl (C=O) groups is 1. The van der Waals surface area contributed by atoms with Crippen molar-refractivity contribution in [3.05, 3.63) is 65.9 Å². The van der Waals surface area contributed by atoms with Gasteiger partial charge < -0.3 is 9.67 Å². The van der Waals surface area contributed by atoms with Gasteiger partial charge in [0.15, 0.2) is 0 Å². The van der Waals surface area contributed by atoms with Crippen molar-refractivity contribution in [1.82, 2.24) is 8.87 Å². The molecular formula is C18H16N2O4S. The molecule has 1 N–H and O–H groups in total. The summed E-state index contributed by atoms with van der Waals surface area (Å²) in [6.45, 7) is -0.175. The largest absolute Gasteiger partial charge is 0.480 e. The standard InChI is InChI=1S/C18H16N2O4S/c1-19-18(13-7-3-5-9-16(13)25(19,23)24)14-10-20(11-17(21)22)15-8-4-2-6-12(14)15/h2-10,18H,11H2,1H3,(H,21,22). The van der Waals surface area contributed by atoms with E-state index in [0.29, 0.717) is 10.5 Å². The van der Waals surface area contributed by atoms with Crippen molar-refractivity contribution in [2.45, 2.75) is 17.5 Å². The Kier molecular flexibility index (Phi) is 3.45. The normalized spacial score (nSPS) is 19.2. The smallest absolute Gasteiger partial charge is 0.323 e. The number of benzene rings is 2. The monoisotopic (exact) mass is 356 g/mol. The number of fused-ring (bicyclic) bond motifs is 2. The lowest BCUT2D eigenvalue weighted by molar-refractivity contribution is -0.137. The number of carboxylic acids is 1. The fourth-order valence-electron chi connectivity index (χ4n) is 3.56. The SMILES string of the molecule is CN1C(c2cn(CC(=O)O)c3ccccc23)c2ccccc2S1(=O)=O. The number of aromatic nitrogens is 1. The van der Waals surface area contributed by atoms with E-state index in [9.17, 15) is 13.2 Å². The summed E-state index contributed by atoms with van der Waals surface area (Å²) in [6.07, 6.45) is 1.75. The highest BCUT2D eigenvalue weighted by atomic mass is 32.2. The zero-order chi connectivity index (χ0) is 17.8. The van der Waals surface area contributed by atoms with Gasteiger partial charge in [0.25, 0.3) is 0 Å². The van der Waals surface area contributed by atoms with Gasteiger partial charge in [0.1, 0.15) is 6.54 Å². The highest BCUT2D eigenvalue weighted by Gasteiger charge is 2.41. The van der Waals surface area contributed by atoms with Crippen LogP contribution in [0.3, 0.4) is 0 Å². The molecule has 0 spiro atoms. The van der Waals surface area contributed by atoms with Crippen molar-refractivity contribution >= 4 is 26.9 Å². The lowest BCUT2D eigenvalue weighted by Crippen LogP contribution is -2.24. The Hall–Kier alpha value is -2.64. The van der Waals surface area contributed by atoms with Crippen LogP contribution in [0.1, 0.15) is 17.2 Å². The molecule has 1 aliphatic heterocycles. The Morgan fingerprint density at radius 1 is 1.08 bits per heavy atom. The van der Waals surface area contributed by atoms with Crippen LogP contribution in [0.5, 0.6) is 0 Å². The number of hydrogen-bond donors (Lipinski definition) is 1. The van der Waals surface area contributed by atoms with E-state index < -0.39 is 22.0 Å². The van der Waals surface area contributed by atoms with Crippen molar-refractivity contribution in [3.8, 4) is 0 Å². The van der Waals surface area contributed by atoms with Gasteiger partial charge in [-0.3, -0.25) is 4.79 Å². The fraction of sp³-hybridized carbons (Fsp3) is 0.167. The van der Waals surface area contributed by atoms with Gasteiger partial charge in [-0.1, -0.05) is 36.4 Å². The summed E-state index contributed by atoms with van der Waals surface area (Å²) in [5.74, 6) is -0.944. The van der Waals surface area contributed by atoms with Crippen LogP contribution in [0.4, 0.5) is 0 Å². The summed E-state index contributed by atoms with van der Waals surface area (Å²) in [5, 5.41) is 10.0. The summed E-state index contributed by atoms with van der Waals surface area (Å²) in [5.41, 5.74) is 2.27. The van der Waals surface area contributed by atoms with Gasteiger partial charge in [-0.2, -0.15) is 4.31 Å². The number of nitrogens with zero attached hydrogens (tertiary/aromatic N) is 2. The molecule has 1 aliphatic rings. The molecule has 1 atom stereocenters. The Labute approximate surface area is 145 Å². The second-order valence-electron chi connectivity index (χ2n) is 6.08. The van der Waals surface area contributed by atoms with Crippen LogP contribution >= 0.6 is 0 Å². The molecule has 0 aliphatic carbocycles. The molecule has 1 unspecified atom stereocenters. The van der Waals surface area contributed by atoms with E-state index in [1.165, 1.54) is 4.31 Å². The minimum atomic E-state index is -3.56. The van der Waals surface area contributed by atoms with Crippen LogP contribution in [0.2, 0.25) is 0 Å². The van der Waals surface area contributed by atoms with Crippen molar-refractivity contribution in [2.24, 2.45) is 0 Å². The zero-order valence-electron chi connectivity index (χ0n) is 13.5. The molecule has 2 aromatic carbocycles. The van der Waals surface area contributed by atoms with Gasteiger partial charge in [0, 0.05) is 29.7 Å². The summed E-state index contributed by atoms with van der Waals surface area (Å²) in [7, 11) is -2.00. The van der Waals surface area contributed by atoms with E-state index in [1.54, 1.807) is 29.9 Å². The number of rotatable bonds is 3. The van der Waals surface area contributed by atoms with Gasteiger partial charge >= 0.3 is 5.97 Å². The molecule has 128 valence electrons. The average Bonchev–Trinajstić information content (AvgIpc) is 3.02. The number of sulfonamides is 1. The molecule has 0 radical (unpaired) electrons. The van der Waals surface area contributed by atoms with E-state index in [4.69, 9.17) is 5.11 Å². The van der Waals surface area contributed by atoms with Gasteiger partial charge in [-0.05, 0) is 17.7 Å². The molecule has 0 saturated carbocycles. The molecule has 2 heterocycles. The fourth-order valence-corrected chi connectivity index (χ4v) is 5.11. The van der Waals surface area contributed by atoms with Gasteiger partial charge in [0.2, 0.25) is 10.0 Å². The minimum Gasteiger partial charge on any atom is -0.480 e. The molecule has 7 heteroatoms. The Morgan fingerprint density at radius 2 is 1.76 bits per heavy atom. The maximum atomic E-state index is 12.7. The number of para-hydroxylation sites is 1. The summed E-state index contributed by atoms with van der Waals surface area (Å²) in [4.78, 5) is 11.5. The number of aliphatic carboxylic acids is 1. The maximum Gasteiger partial charge on any atom is 0.323 e. The van der Waals surface area contributed by atoms with Crippen LogP contribution in [0.15, 0.2) is 59.6 Å². The first-order chi connectivity index (χ1) is 11.9. The average molecular weight is 356 g/mol. The molecule has 0 amide bonds. The van der Waals surface area contributed by atoms with Crippen molar-refractivity contribution in [3.63, 3.8) is 0 Å². The molecule has 3 aromatic rings. The van der Waals surface area contributed by atoms with E-state index in [2.05, 4.69) is 0 Å². The van der Waals surface area contributed by atoms with Gasteiger partial charge in [-0.15, -0.1) is 0 Å². The highest BCUT2D eigenvalue weighted by Crippen LogP contribution is 2.44. The third kappa shape index (κ3) is 2.27. The maximum absolute atomic E-state index is 12.7. The predicted molar refractivity (Wildman–Crippen MR) is 92.8 cm³/mol. The molecular weight excluding hydrogens is 340 g/mol. The zero-order valence-corrected chi connectivity index (χ0v) is 14.3. The molecule has 0 fully saturated rings. The molecule has 6 nitrogen and oxygen atoms in total. The van der Waals surface area contributed by atoms with Crippen molar-refractivity contribution < 1.29 is 18.3 Å². The topological polar surface area (TPSA) is 79.6 Å². The molecule has 0 saturated heterocycles. The van der Waals surface area contributed by atoms with Crippen LogP contribution in [0, 0.1) is 0 Å². The first kappa shape index (κ1) is 15.9. The lowest BCUT2D eigenvalue weighted by Gasteiger charge is -2.18. The third-order valence-electron chi connectivity index (χ3n) is 4.65. The van der Waals surface area contributed by atoms with E-state index >= 15 is 0 Å².